The zero-order valence-corrected chi connectivity index (χ0v) is 9.08. The largest absolute Gasteiger partial charge is 0.486 e. The molecule has 4 heteroatoms. The molecule has 0 radical (unpaired) electrons. The van der Waals surface area contributed by atoms with Gasteiger partial charge in [-0.3, -0.25) is 4.79 Å². The third kappa shape index (κ3) is 2.07. The zero-order valence-electron chi connectivity index (χ0n) is 8.33. The van der Waals surface area contributed by atoms with Crippen LogP contribution in [0.2, 0.25) is 0 Å². The fourth-order valence-corrected chi connectivity index (χ4v) is 1.55. The number of fused-ring (bicyclic) bond motifs is 1. The van der Waals surface area contributed by atoms with Crippen molar-refractivity contribution < 1.29 is 14.3 Å². The molecule has 0 amide bonds. The minimum absolute atomic E-state index is 0.103. The summed E-state index contributed by atoms with van der Waals surface area (Å²) < 4.78 is 10.7. The average Bonchev–Trinajstić information content (AvgIpc) is 2.27. The highest BCUT2D eigenvalue weighted by Crippen LogP contribution is 2.31. The van der Waals surface area contributed by atoms with Gasteiger partial charge in [0, 0.05) is 5.56 Å². The SMILES string of the molecule is C[C@@H](Cl)C(=O)c1ccc2c(c1)OCCO2. The molecule has 1 aromatic carbocycles. The second-order valence-electron chi connectivity index (χ2n) is 3.34. The van der Waals surface area contributed by atoms with Crippen molar-refractivity contribution in [1.29, 1.82) is 0 Å². The Balaban J connectivity index is 2.32. The van der Waals surface area contributed by atoms with Crippen molar-refractivity contribution in [3.8, 4) is 11.5 Å². The molecule has 15 heavy (non-hydrogen) atoms. The number of ketones is 1. The van der Waals surface area contributed by atoms with Crippen LogP contribution >= 0.6 is 11.6 Å². The van der Waals surface area contributed by atoms with Gasteiger partial charge in [0.15, 0.2) is 17.3 Å². The summed E-state index contributed by atoms with van der Waals surface area (Å²) in [5, 5.41) is -0.521. The molecular weight excluding hydrogens is 216 g/mol. The number of ether oxygens (including phenoxy) is 2. The molecule has 0 unspecified atom stereocenters. The molecule has 1 aromatic rings. The Labute approximate surface area is 92.9 Å². The molecule has 0 saturated carbocycles. The average molecular weight is 227 g/mol. The van der Waals surface area contributed by atoms with Gasteiger partial charge in [-0.15, -0.1) is 11.6 Å². The van der Waals surface area contributed by atoms with E-state index in [-0.39, 0.29) is 5.78 Å². The van der Waals surface area contributed by atoms with E-state index in [2.05, 4.69) is 0 Å². The molecule has 80 valence electrons. The first-order valence-electron chi connectivity index (χ1n) is 4.76. The van der Waals surface area contributed by atoms with E-state index < -0.39 is 5.38 Å². The zero-order chi connectivity index (χ0) is 10.8. The monoisotopic (exact) mass is 226 g/mol. The Bertz CT molecular complexity index is 387. The van der Waals surface area contributed by atoms with Gasteiger partial charge in [0.25, 0.3) is 0 Å². The summed E-state index contributed by atoms with van der Waals surface area (Å²) in [6.07, 6.45) is 0. The van der Waals surface area contributed by atoms with E-state index in [1.54, 1.807) is 25.1 Å². The van der Waals surface area contributed by atoms with E-state index in [9.17, 15) is 4.79 Å². The van der Waals surface area contributed by atoms with E-state index in [1.807, 2.05) is 0 Å². The normalized spacial score (nSPS) is 15.9. The van der Waals surface area contributed by atoms with Crippen LogP contribution in [0.25, 0.3) is 0 Å². The number of alkyl halides is 1. The van der Waals surface area contributed by atoms with Crippen molar-refractivity contribution in [1.82, 2.24) is 0 Å². The quantitative estimate of drug-likeness (QED) is 0.573. The lowest BCUT2D eigenvalue weighted by molar-refractivity contribution is 0.0990. The summed E-state index contributed by atoms with van der Waals surface area (Å²) in [5.41, 5.74) is 0.557. The Morgan fingerprint density at radius 2 is 2.00 bits per heavy atom. The highest BCUT2D eigenvalue weighted by Gasteiger charge is 2.17. The summed E-state index contributed by atoms with van der Waals surface area (Å²) in [4.78, 5) is 11.6. The second-order valence-corrected chi connectivity index (χ2v) is 3.99. The van der Waals surface area contributed by atoms with Crippen LogP contribution in [-0.4, -0.2) is 24.4 Å². The molecule has 0 aromatic heterocycles. The molecule has 0 N–H and O–H groups in total. The Morgan fingerprint density at radius 3 is 2.67 bits per heavy atom. The van der Waals surface area contributed by atoms with Gasteiger partial charge in [0.2, 0.25) is 0 Å². The van der Waals surface area contributed by atoms with Crippen LogP contribution in [0.5, 0.6) is 11.5 Å². The van der Waals surface area contributed by atoms with Gasteiger partial charge >= 0.3 is 0 Å². The van der Waals surface area contributed by atoms with Gasteiger partial charge in [-0.2, -0.15) is 0 Å². The highest BCUT2D eigenvalue weighted by atomic mass is 35.5. The number of carbonyl (C=O) groups excluding carboxylic acids is 1. The number of hydrogen-bond acceptors (Lipinski definition) is 3. The summed E-state index contributed by atoms with van der Waals surface area (Å²) in [6.45, 7) is 2.72. The van der Waals surface area contributed by atoms with Crippen LogP contribution in [0, 0.1) is 0 Å². The molecule has 2 rings (SSSR count). The molecule has 0 fully saturated rings. The first-order valence-corrected chi connectivity index (χ1v) is 5.20. The van der Waals surface area contributed by atoms with E-state index >= 15 is 0 Å². The number of halogens is 1. The lowest BCUT2D eigenvalue weighted by Gasteiger charge is -2.18. The van der Waals surface area contributed by atoms with E-state index in [0.717, 1.165) is 0 Å². The molecule has 1 atom stereocenters. The van der Waals surface area contributed by atoms with Crippen LogP contribution in [-0.2, 0) is 0 Å². The molecule has 0 aliphatic carbocycles. The predicted molar refractivity (Wildman–Crippen MR) is 57.1 cm³/mol. The fourth-order valence-electron chi connectivity index (χ4n) is 1.43. The van der Waals surface area contributed by atoms with E-state index in [1.165, 1.54) is 0 Å². The Kier molecular flexibility index (Phi) is 2.82. The lowest BCUT2D eigenvalue weighted by atomic mass is 10.1. The topological polar surface area (TPSA) is 35.5 Å². The minimum atomic E-state index is -0.521. The molecule has 0 saturated heterocycles. The summed E-state index contributed by atoms with van der Waals surface area (Å²) in [5.74, 6) is 1.19. The third-order valence-electron chi connectivity index (χ3n) is 2.19. The Morgan fingerprint density at radius 1 is 1.33 bits per heavy atom. The van der Waals surface area contributed by atoms with Gasteiger partial charge < -0.3 is 9.47 Å². The maximum absolute atomic E-state index is 11.6. The molecular formula is C11H11ClO3. The van der Waals surface area contributed by atoms with Crippen molar-refractivity contribution in [2.75, 3.05) is 13.2 Å². The van der Waals surface area contributed by atoms with Crippen molar-refractivity contribution in [2.24, 2.45) is 0 Å². The molecule has 1 aliphatic rings. The van der Waals surface area contributed by atoms with E-state index in [4.69, 9.17) is 21.1 Å². The van der Waals surface area contributed by atoms with Gasteiger partial charge in [0.1, 0.15) is 13.2 Å². The van der Waals surface area contributed by atoms with Crippen molar-refractivity contribution in [3.05, 3.63) is 23.8 Å². The van der Waals surface area contributed by atoms with Crippen LogP contribution in [0.3, 0.4) is 0 Å². The van der Waals surface area contributed by atoms with Crippen LogP contribution in [0.4, 0.5) is 0 Å². The van der Waals surface area contributed by atoms with Crippen LogP contribution in [0.1, 0.15) is 17.3 Å². The van der Waals surface area contributed by atoms with Crippen LogP contribution < -0.4 is 9.47 Å². The maximum atomic E-state index is 11.6. The first kappa shape index (κ1) is 10.3. The molecule has 1 aliphatic heterocycles. The van der Waals surface area contributed by atoms with Gasteiger partial charge in [-0.1, -0.05) is 0 Å². The minimum Gasteiger partial charge on any atom is -0.486 e. The number of rotatable bonds is 2. The smallest absolute Gasteiger partial charge is 0.180 e. The third-order valence-corrected chi connectivity index (χ3v) is 2.39. The first-order chi connectivity index (χ1) is 7.18. The molecule has 0 spiro atoms. The molecule has 0 bridgehead atoms. The van der Waals surface area contributed by atoms with E-state index in [0.29, 0.717) is 30.3 Å². The van der Waals surface area contributed by atoms with Gasteiger partial charge in [0.05, 0.1) is 5.38 Å². The highest BCUT2D eigenvalue weighted by molar-refractivity contribution is 6.33. The van der Waals surface area contributed by atoms with Gasteiger partial charge in [-0.05, 0) is 25.1 Å². The fraction of sp³-hybridized carbons (Fsp3) is 0.364. The van der Waals surface area contributed by atoms with Crippen molar-refractivity contribution in [2.45, 2.75) is 12.3 Å². The predicted octanol–water partition coefficient (Wildman–Crippen LogP) is 2.27. The number of benzene rings is 1. The second kappa shape index (κ2) is 4.11. The van der Waals surface area contributed by atoms with Crippen molar-refractivity contribution in [3.63, 3.8) is 0 Å². The maximum Gasteiger partial charge on any atom is 0.180 e. The van der Waals surface area contributed by atoms with Crippen LogP contribution in [0.15, 0.2) is 18.2 Å². The lowest BCUT2D eigenvalue weighted by Crippen LogP contribution is -2.16. The summed E-state index contributed by atoms with van der Waals surface area (Å²) in [6, 6.07) is 5.12. The van der Waals surface area contributed by atoms with Gasteiger partial charge in [-0.25, -0.2) is 0 Å². The summed E-state index contributed by atoms with van der Waals surface area (Å²) in [7, 11) is 0. The molecule has 1 heterocycles. The number of hydrogen-bond donors (Lipinski definition) is 0. The van der Waals surface area contributed by atoms with Crippen molar-refractivity contribution >= 4 is 17.4 Å². The standard InChI is InChI=1S/C11H11ClO3/c1-7(12)11(13)8-2-3-9-10(6-8)15-5-4-14-9/h2-3,6-7H,4-5H2,1H3/t7-/m1/s1. The molecule has 3 nitrogen and oxygen atoms in total. The number of carbonyl (C=O) groups is 1. The Hall–Kier alpha value is -1.22. The summed E-state index contributed by atoms with van der Waals surface area (Å²) >= 11 is 5.72. The number of Topliss-reactive ketones (excluding diaryl/α,β-unsaturated/α-hetero) is 1.